The van der Waals surface area contributed by atoms with Gasteiger partial charge in [-0.25, -0.2) is 14.4 Å². The highest BCUT2D eigenvalue weighted by atomic mass is 17.2. The van der Waals surface area contributed by atoms with Crippen LogP contribution in [0.3, 0.4) is 0 Å². The lowest BCUT2D eigenvalue weighted by Crippen LogP contribution is -2.56. The summed E-state index contributed by atoms with van der Waals surface area (Å²) >= 11 is 0. The van der Waals surface area contributed by atoms with E-state index in [0.29, 0.717) is 71.7 Å². The molecule has 4 aliphatic rings. The summed E-state index contributed by atoms with van der Waals surface area (Å²) < 4.78 is 0. The Hall–Kier alpha value is -4.26. The van der Waals surface area contributed by atoms with Crippen LogP contribution in [-0.2, 0) is 52.9 Å². The van der Waals surface area contributed by atoms with Crippen molar-refractivity contribution in [3.63, 3.8) is 0 Å². The zero-order chi connectivity index (χ0) is 40.9. The van der Waals surface area contributed by atoms with Gasteiger partial charge in [0.2, 0.25) is 29.0 Å². The van der Waals surface area contributed by atoms with E-state index in [4.69, 9.17) is 14.5 Å². The van der Waals surface area contributed by atoms with Gasteiger partial charge in [0.1, 0.15) is 12.1 Å². The number of carbonyl (C=O) groups excluding carboxylic acids is 8. The molecule has 56 heavy (non-hydrogen) atoms. The number of amides is 4. The summed E-state index contributed by atoms with van der Waals surface area (Å²) in [6.07, 6.45) is 0.566. The van der Waals surface area contributed by atoms with Gasteiger partial charge < -0.3 is 30.9 Å². The minimum absolute atomic E-state index is 0.0995. The van der Waals surface area contributed by atoms with Gasteiger partial charge in [-0.1, -0.05) is 13.8 Å². The second-order valence-corrected chi connectivity index (χ2v) is 14.7. The van der Waals surface area contributed by atoms with E-state index in [1.54, 1.807) is 23.6 Å². The molecule has 0 radical (unpaired) electrons. The van der Waals surface area contributed by atoms with Crippen LogP contribution in [0, 0.1) is 5.92 Å². The van der Waals surface area contributed by atoms with E-state index in [0.717, 1.165) is 0 Å². The van der Waals surface area contributed by atoms with Crippen LogP contribution in [0.5, 0.6) is 0 Å². The largest absolute Gasteiger partial charge is 0.475 e. The second kappa shape index (κ2) is 21.3. The average Bonchev–Trinajstić information content (AvgIpc) is 3.61. The number of nitrogens with zero attached hydrogens (tertiary/aromatic N) is 6. The number of nitrogens with one attached hydrogen (secondary N) is 3. The van der Waals surface area contributed by atoms with Crippen LogP contribution >= 0.6 is 0 Å². The van der Waals surface area contributed by atoms with E-state index in [1.165, 1.54) is 11.8 Å². The van der Waals surface area contributed by atoms with Gasteiger partial charge in [-0.2, -0.15) is 0 Å². The second-order valence-electron chi connectivity index (χ2n) is 14.7. The van der Waals surface area contributed by atoms with Crippen molar-refractivity contribution in [1.29, 1.82) is 0 Å². The zero-order valence-electron chi connectivity index (χ0n) is 32.2. The number of hydrogen-bond acceptors (Lipinski definition) is 18. The van der Waals surface area contributed by atoms with Crippen molar-refractivity contribution in [3.8, 4) is 0 Å². The Morgan fingerprint density at radius 2 is 1.25 bits per heavy atom. The van der Waals surface area contributed by atoms with Gasteiger partial charge in [-0.3, -0.25) is 58.1 Å². The highest BCUT2D eigenvalue weighted by molar-refractivity contribution is 6.43. The number of ketones is 1. The van der Waals surface area contributed by atoms with Crippen molar-refractivity contribution in [3.05, 3.63) is 0 Å². The van der Waals surface area contributed by atoms with E-state index in [2.05, 4.69) is 16.0 Å². The summed E-state index contributed by atoms with van der Waals surface area (Å²) in [6.45, 7) is 7.21. The Labute approximate surface area is 325 Å². The molecule has 4 fully saturated rings. The van der Waals surface area contributed by atoms with Crippen LogP contribution < -0.4 is 16.0 Å². The summed E-state index contributed by atoms with van der Waals surface area (Å²) in [4.78, 5) is 126. The molecule has 2 unspecified atom stereocenters. The van der Waals surface area contributed by atoms with E-state index < -0.39 is 72.5 Å². The van der Waals surface area contributed by atoms with Crippen molar-refractivity contribution < 1.29 is 62.9 Å². The molecule has 0 saturated carbocycles. The van der Waals surface area contributed by atoms with Crippen LogP contribution in [0.15, 0.2) is 0 Å². The first kappa shape index (κ1) is 44.5. The molecule has 23 heteroatoms. The Morgan fingerprint density at radius 3 is 1.75 bits per heavy atom. The van der Waals surface area contributed by atoms with E-state index in [-0.39, 0.29) is 56.9 Å². The van der Waals surface area contributed by atoms with Crippen molar-refractivity contribution in [2.24, 2.45) is 5.92 Å². The molecule has 0 aromatic heterocycles. The summed E-state index contributed by atoms with van der Waals surface area (Å²) in [7, 11) is -1.70. The third-order valence-corrected chi connectivity index (χ3v) is 9.92. The van der Waals surface area contributed by atoms with Gasteiger partial charge in [0.15, 0.2) is 5.78 Å². The lowest BCUT2D eigenvalue weighted by atomic mass is 9.78. The van der Waals surface area contributed by atoms with E-state index in [1.807, 2.05) is 9.80 Å². The van der Waals surface area contributed by atoms with Gasteiger partial charge in [-0.15, -0.1) is 0 Å². The third kappa shape index (κ3) is 14.0. The molecule has 0 aromatic rings. The fourth-order valence-corrected chi connectivity index (χ4v) is 6.72. The molecular formula is C33H54BN9O13. The molecule has 4 rings (SSSR count). The fraction of sp³-hybridized carbons (Fsp3) is 0.758. The zero-order valence-corrected chi connectivity index (χ0v) is 32.2. The maximum Gasteiger partial charge on any atom is 0.475 e. The van der Waals surface area contributed by atoms with Crippen LogP contribution in [-0.4, -0.2) is 204 Å². The van der Waals surface area contributed by atoms with Crippen LogP contribution in [0.1, 0.15) is 46.5 Å². The predicted octanol–water partition coefficient (Wildman–Crippen LogP) is -4.97. The van der Waals surface area contributed by atoms with Gasteiger partial charge in [-0.05, 0) is 25.7 Å². The van der Waals surface area contributed by atoms with Gasteiger partial charge in [0.25, 0.3) is 0 Å². The molecule has 4 aliphatic heterocycles. The molecule has 0 aromatic carbocycles. The lowest BCUT2D eigenvalue weighted by molar-refractivity contribution is -0.464. The Kier molecular flexibility index (Phi) is 16.9. The highest BCUT2D eigenvalue weighted by Gasteiger charge is 2.39. The van der Waals surface area contributed by atoms with Crippen molar-refractivity contribution in [2.75, 3.05) is 91.6 Å². The third-order valence-electron chi connectivity index (χ3n) is 9.92. The summed E-state index contributed by atoms with van der Waals surface area (Å²) in [5.41, 5.74) is 0. The van der Waals surface area contributed by atoms with Crippen LogP contribution in [0.25, 0.3) is 0 Å². The SMILES string of the molecule is CC(C)[C@H](NC(=O)CCC(=O)CNC(=O)CN1CCN2CCN3CCN(CC1)CC(=O)ON(OC(=O)C2)OC(=O)C3)C(=O)N[C@H](C)C(=O)N1CCC[C@H]1B(O)O. The van der Waals surface area contributed by atoms with Crippen molar-refractivity contribution >= 4 is 54.4 Å². The van der Waals surface area contributed by atoms with Crippen LogP contribution in [0.2, 0.25) is 0 Å². The molecule has 0 spiro atoms. The van der Waals surface area contributed by atoms with Crippen LogP contribution in [0.4, 0.5) is 0 Å². The van der Waals surface area contributed by atoms with E-state index >= 15 is 0 Å². The maximum atomic E-state index is 13.1. The summed E-state index contributed by atoms with van der Waals surface area (Å²) in [6, 6.07) is -1.99. The minimum Gasteiger partial charge on any atom is -0.426 e. The number of hydrogen-bond donors (Lipinski definition) is 5. The first-order chi connectivity index (χ1) is 26.6. The molecule has 22 nitrogen and oxygen atoms in total. The Balaban J connectivity index is 1.25. The first-order valence-electron chi connectivity index (χ1n) is 18.9. The molecule has 4 bridgehead atoms. The van der Waals surface area contributed by atoms with Gasteiger partial charge >= 0.3 is 25.0 Å². The fourth-order valence-electron chi connectivity index (χ4n) is 6.72. The topological polar surface area (TPSA) is 260 Å². The number of carbonyl (C=O) groups is 8. The molecule has 5 atom stereocenters. The number of rotatable bonds is 13. The summed E-state index contributed by atoms with van der Waals surface area (Å²) in [5, 5.41) is 27.2. The number of fused-ring (bicyclic) bond motifs is 7. The Bertz CT molecular complexity index is 1420. The van der Waals surface area contributed by atoms with Gasteiger partial charge in [0.05, 0.1) is 38.7 Å². The number of Topliss-reactive ketones (excluding diaryl/α,β-unsaturated/α-hetero) is 1. The average molecular weight is 796 g/mol. The standard InChI is InChI=1S/C33H54BN9O13/c1-22(2)31(32(50)36-23(3)33(51)42-8-4-5-25(42)34(52)53)37-26(45)7-6-24(44)17-35-27(46)18-38-9-11-39-13-15-41-16-14-40(12-10-38)20-29(48)55-43(54-28(47)19-39)56-30(49)21-41/h22-23,25,31,52-53H,4-21H2,1-3H3,(H,35,46)(H,36,50)(H,37,45)/t23-,25+,31+/m1/s1. The normalized spacial score (nSPS) is 26.2. The molecule has 4 amide bonds. The van der Waals surface area contributed by atoms with Crippen molar-refractivity contribution in [2.45, 2.75) is 64.5 Å². The molecule has 4 heterocycles. The quantitative estimate of drug-likeness (QED) is 0.109. The first-order valence-corrected chi connectivity index (χ1v) is 18.9. The monoisotopic (exact) mass is 795 g/mol. The maximum absolute atomic E-state index is 13.1. The molecular weight excluding hydrogens is 741 g/mol. The Morgan fingerprint density at radius 1 is 0.732 bits per heavy atom. The lowest BCUT2D eigenvalue weighted by Gasteiger charge is -2.33. The van der Waals surface area contributed by atoms with E-state index in [9.17, 15) is 48.4 Å². The smallest absolute Gasteiger partial charge is 0.426 e. The highest BCUT2D eigenvalue weighted by Crippen LogP contribution is 2.19. The minimum atomic E-state index is -1.70. The van der Waals surface area contributed by atoms with Crippen molar-refractivity contribution in [1.82, 2.24) is 45.8 Å². The van der Waals surface area contributed by atoms with Gasteiger partial charge in [0, 0.05) is 71.7 Å². The molecule has 312 valence electrons. The molecule has 5 N–H and O–H groups in total. The predicted molar refractivity (Wildman–Crippen MR) is 192 cm³/mol. The summed E-state index contributed by atoms with van der Waals surface area (Å²) in [5.74, 6) is -6.07. The molecule has 4 saturated heterocycles. The molecule has 0 aliphatic carbocycles. The number of likely N-dealkylation sites (tertiary alicyclic amines) is 1.